The maximum atomic E-state index is 12.9. The maximum Gasteiger partial charge on any atom is 0.264 e. The van der Waals surface area contributed by atoms with Crippen LogP contribution in [-0.2, 0) is 11.2 Å². The fourth-order valence-corrected chi connectivity index (χ4v) is 5.42. The molecule has 0 aliphatic carbocycles. The molecule has 0 saturated carbocycles. The molecule has 0 N–H and O–H groups in total. The summed E-state index contributed by atoms with van der Waals surface area (Å²) in [6, 6.07) is 18.6. The summed E-state index contributed by atoms with van der Waals surface area (Å²) in [6.45, 7) is 1.73. The summed E-state index contributed by atoms with van der Waals surface area (Å²) in [6.07, 6.45) is 2.86. The number of hydrogen-bond acceptors (Lipinski definition) is 5. The van der Waals surface area contributed by atoms with Crippen molar-refractivity contribution in [1.82, 2.24) is 14.3 Å². The molecule has 3 aromatic heterocycles. The molecule has 7 heteroatoms. The van der Waals surface area contributed by atoms with Crippen LogP contribution in [0.5, 0.6) is 0 Å². The molecule has 32 heavy (non-hydrogen) atoms. The highest BCUT2D eigenvalue weighted by Crippen LogP contribution is 2.27. The molecular formula is C25H23N3O2S2. The van der Waals surface area contributed by atoms with Crippen LogP contribution < -0.4 is 0 Å². The number of hydrogen-bond donors (Lipinski definition) is 0. The van der Waals surface area contributed by atoms with Crippen LogP contribution >= 0.6 is 22.7 Å². The number of benzene rings is 2. The van der Waals surface area contributed by atoms with Crippen LogP contribution in [0.15, 0.2) is 71.6 Å². The molecule has 5 nitrogen and oxygen atoms in total. The van der Waals surface area contributed by atoms with Crippen LogP contribution in [0.4, 0.5) is 0 Å². The summed E-state index contributed by atoms with van der Waals surface area (Å²) in [5.74, 6) is 0.0611. The molecule has 1 amide bonds. The van der Waals surface area contributed by atoms with Crippen LogP contribution in [0.2, 0.25) is 0 Å². The normalized spacial score (nSPS) is 11.4. The van der Waals surface area contributed by atoms with Crippen LogP contribution in [0.3, 0.4) is 0 Å². The van der Waals surface area contributed by atoms with Crippen molar-refractivity contribution in [3.8, 4) is 11.3 Å². The van der Waals surface area contributed by atoms with Crippen molar-refractivity contribution in [3.63, 3.8) is 0 Å². The van der Waals surface area contributed by atoms with Crippen molar-refractivity contribution < 1.29 is 9.53 Å². The van der Waals surface area contributed by atoms with E-state index in [0.29, 0.717) is 19.7 Å². The predicted molar refractivity (Wildman–Crippen MR) is 132 cm³/mol. The number of amides is 1. The first-order valence-corrected chi connectivity index (χ1v) is 12.3. The standard InChI is InChI=1S/C25H23N3O2S2/c1-30-13-12-27(24(29)23-7-4-14-31-23)11-10-21-17-32-25-26-22(16-28(21)25)20-9-8-18-5-2-3-6-19(18)15-20/h2-9,14-17H,10-13H2,1H3. The number of nitrogens with zero attached hydrogens (tertiary/aromatic N) is 3. The third kappa shape index (κ3) is 4.19. The number of thiophene rings is 1. The van der Waals surface area contributed by atoms with Crippen molar-refractivity contribution in [2.24, 2.45) is 0 Å². The van der Waals surface area contributed by atoms with Gasteiger partial charge in [0.05, 0.1) is 17.2 Å². The number of aromatic nitrogens is 2. The Hall–Kier alpha value is -3.00. The highest BCUT2D eigenvalue weighted by Gasteiger charge is 2.18. The molecule has 0 fully saturated rings. The van der Waals surface area contributed by atoms with Crippen molar-refractivity contribution in [2.75, 3.05) is 26.8 Å². The number of thiazole rings is 1. The smallest absolute Gasteiger partial charge is 0.264 e. The van der Waals surface area contributed by atoms with E-state index in [1.165, 1.54) is 22.1 Å². The molecule has 5 aromatic rings. The van der Waals surface area contributed by atoms with E-state index < -0.39 is 0 Å². The minimum absolute atomic E-state index is 0.0611. The van der Waals surface area contributed by atoms with Crippen LogP contribution in [0.1, 0.15) is 15.4 Å². The van der Waals surface area contributed by atoms with Gasteiger partial charge in [0, 0.05) is 49.5 Å². The summed E-state index contributed by atoms with van der Waals surface area (Å²) in [4.78, 5) is 21.3. The molecule has 162 valence electrons. The summed E-state index contributed by atoms with van der Waals surface area (Å²) in [5, 5.41) is 6.51. The van der Waals surface area contributed by atoms with Crippen molar-refractivity contribution in [1.29, 1.82) is 0 Å². The Labute approximate surface area is 194 Å². The second kappa shape index (κ2) is 9.24. The molecule has 3 heterocycles. The third-order valence-electron chi connectivity index (χ3n) is 5.55. The van der Waals surface area contributed by atoms with Crippen molar-refractivity contribution in [2.45, 2.75) is 6.42 Å². The van der Waals surface area contributed by atoms with Gasteiger partial charge in [0.2, 0.25) is 0 Å². The topological polar surface area (TPSA) is 46.8 Å². The van der Waals surface area contributed by atoms with E-state index in [-0.39, 0.29) is 5.91 Å². The summed E-state index contributed by atoms with van der Waals surface area (Å²) < 4.78 is 7.38. The van der Waals surface area contributed by atoms with Gasteiger partial charge in [0.1, 0.15) is 0 Å². The molecule has 0 radical (unpaired) electrons. The number of rotatable bonds is 8. The minimum atomic E-state index is 0.0611. The lowest BCUT2D eigenvalue weighted by atomic mass is 10.1. The van der Waals surface area contributed by atoms with Gasteiger partial charge in [-0.3, -0.25) is 9.20 Å². The number of carbonyl (C=O) groups excluding carboxylic acids is 1. The Morgan fingerprint density at radius 2 is 1.94 bits per heavy atom. The quantitative estimate of drug-likeness (QED) is 0.302. The SMILES string of the molecule is COCCN(CCc1csc2nc(-c3ccc4ccccc4c3)cn12)C(=O)c1cccs1. The first-order valence-electron chi connectivity index (χ1n) is 10.5. The van der Waals surface area contributed by atoms with E-state index in [2.05, 4.69) is 58.4 Å². The fraction of sp³-hybridized carbons (Fsp3) is 0.200. The summed E-state index contributed by atoms with van der Waals surface area (Å²) in [7, 11) is 1.66. The first-order chi connectivity index (χ1) is 15.7. The van der Waals surface area contributed by atoms with E-state index in [1.807, 2.05) is 22.4 Å². The molecule has 0 saturated heterocycles. The average Bonchev–Trinajstić information content (AvgIpc) is 3.57. The lowest BCUT2D eigenvalue weighted by Gasteiger charge is -2.21. The molecule has 0 aliphatic rings. The van der Waals surface area contributed by atoms with Crippen LogP contribution in [0.25, 0.3) is 27.0 Å². The highest BCUT2D eigenvalue weighted by atomic mass is 32.1. The average molecular weight is 462 g/mol. The Morgan fingerprint density at radius 3 is 2.75 bits per heavy atom. The van der Waals surface area contributed by atoms with Gasteiger partial charge in [0.25, 0.3) is 5.91 Å². The monoisotopic (exact) mass is 461 g/mol. The Morgan fingerprint density at radius 1 is 1.06 bits per heavy atom. The van der Waals surface area contributed by atoms with E-state index in [0.717, 1.165) is 33.2 Å². The minimum Gasteiger partial charge on any atom is -0.383 e. The van der Waals surface area contributed by atoms with Gasteiger partial charge < -0.3 is 9.64 Å². The third-order valence-corrected chi connectivity index (χ3v) is 7.30. The van der Waals surface area contributed by atoms with Gasteiger partial charge in [-0.15, -0.1) is 22.7 Å². The first kappa shape index (κ1) is 20.9. The Balaban J connectivity index is 1.37. The van der Waals surface area contributed by atoms with Crippen LogP contribution in [0, 0.1) is 0 Å². The molecule has 0 unspecified atom stereocenters. The number of ether oxygens (including phenoxy) is 1. The van der Waals surface area contributed by atoms with Gasteiger partial charge in [-0.05, 0) is 28.3 Å². The lowest BCUT2D eigenvalue weighted by molar-refractivity contribution is 0.0702. The van der Waals surface area contributed by atoms with Gasteiger partial charge in [-0.2, -0.15) is 0 Å². The largest absolute Gasteiger partial charge is 0.383 e. The number of methoxy groups -OCH3 is 1. The van der Waals surface area contributed by atoms with E-state index >= 15 is 0 Å². The molecule has 5 rings (SSSR count). The second-order valence-corrected chi connectivity index (χ2v) is 9.36. The molecular weight excluding hydrogens is 438 g/mol. The van der Waals surface area contributed by atoms with Crippen molar-refractivity contribution in [3.05, 3.63) is 82.1 Å². The van der Waals surface area contributed by atoms with Crippen molar-refractivity contribution >= 4 is 44.3 Å². The Bertz CT molecular complexity index is 1350. The van der Waals surface area contributed by atoms with Gasteiger partial charge in [-0.25, -0.2) is 4.98 Å². The van der Waals surface area contributed by atoms with E-state index in [1.54, 1.807) is 18.4 Å². The predicted octanol–water partition coefficient (Wildman–Crippen LogP) is 5.61. The van der Waals surface area contributed by atoms with E-state index in [4.69, 9.17) is 9.72 Å². The van der Waals surface area contributed by atoms with E-state index in [9.17, 15) is 4.79 Å². The zero-order valence-corrected chi connectivity index (χ0v) is 19.4. The second-order valence-electron chi connectivity index (χ2n) is 7.58. The molecule has 0 spiro atoms. The molecule has 0 atom stereocenters. The zero-order valence-electron chi connectivity index (χ0n) is 17.7. The van der Waals surface area contributed by atoms with Gasteiger partial charge in [0.15, 0.2) is 4.96 Å². The number of carbonyl (C=O) groups is 1. The zero-order chi connectivity index (χ0) is 21.9. The fourth-order valence-electron chi connectivity index (χ4n) is 3.82. The maximum absolute atomic E-state index is 12.9. The molecule has 0 bridgehead atoms. The van der Waals surface area contributed by atoms with Gasteiger partial charge in [-0.1, -0.05) is 42.5 Å². The van der Waals surface area contributed by atoms with Gasteiger partial charge >= 0.3 is 0 Å². The summed E-state index contributed by atoms with van der Waals surface area (Å²) in [5.41, 5.74) is 3.24. The highest BCUT2D eigenvalue weighted by molar-refractivity contribution is 7.15. The number of imidazole rings is 1. The molecule has 2 aromatic carbocycles. The molecule has 0 aliphatic heterocycles. The lowest BCUT2D eigenvalue weighted by Crippen LogP contribution is -2.35. The van der Waals surface area contributed by atoms with Crippen LogP contribution in [-0.4, -0.2) is 47.0 Å². The Kier molecular flexibility index (Phi) is 6.03. The number of fused-ring (bicyclic) bond motifs is 2. The summed E-state index contributed by atoms with van der Waals surface area (Å²) >= 11 is 3.11.